The molecule has 5 rings (SSSR count). The number of hydrogen-bond acceptors (Lipinski definition) is 7. The summed E-state index contributed by atoms with van der Waals surface area (Å²) in [4.78, 5) is 30.6. The maximum atomic E-state index is 13.6. The molecule has 35 heavy (non-hydrogen) atoms. The van der Waals surface area contributed by atoms with E-state index in [0.29, 0.717) is 31.9 Å². The molecule has 1 atom stereocenters. The Morgan fingerprint density at radius 2 is 1.91 bits per heavy atom. The fourth-order valence-corrected chi connectivity index (χ4v) is 4.58. The molecule has 3 heterocycles. The van der Waals surface area contributed by atoms with Crippen LogP contribution in [0.3, 0.4) is 0 Å². The minimum absolute atomic E-state index is 0.0102. The second kappa shape index (κ2) is 10.6. The van der Waals surface area contributed by atoms with Gasteiger partial charge in [-0.15, -0.1) is 0 Å². The number of amides is 2. The summed E-state index contributed by atoms with van der Waals surface area (Å²) in [5.74, 6) is 1.35. The van der Waals surface area contributed by atoms with Crippen molar-refractivity contribution >= 4 is 17.5 Å². The van der Waals surface area contributed by atoms with E-state index < -0.39 is 0 Å². The first-order chi connectivity index (χ1) is 17.1. The second-order valence-electron chi connectivity index (χ2n) is 9.24. The smallest absolute Gasteiger partial charge is 0.262 e. The summed E-state index contributed by atoms with van der Waals surface area (Å²) in [6, 6.07) is 11.0. The van der Waals surface area contributed by atoms with Crippen molar-refractivity contribution < 1.29 is 23.5 Å². The highest BCUT2D eigenvalue weighted by Crippen LogP contribution is 2.34. The standard InChI is InChI=1S/C26H32N4O5/c1-33-21-8-6-19(7-9-21)22-17-23(24-3-2-14-35-24)30(27-22)25(31)18-29(26(32)20-4-5-20)11-10-28-12-15-34-16-13-28/h2-3,6-9,14,20,23H,4-5,10-13,15-18H2,1H3. The number of hydrogen-bond donors (Lipinski definition) is 0. The van der Waals surface area contributed by atoms with Crippen molar-refractivity contribution in [2.75, 3.05) is 53.0 Å². The predicted molar refractivity (Wildman–Crippen MR) is 129 cm³/mol. The number of carbonyl (C=O) groups is 2. The Hall–Kier alpha value is -3.17. The molecule has 2 aliphatic heterocycles. The van der Waals surface area contributed by atoms with Crippen LogP contribution in [0.4, 0.5) is 0 Å². The number of rotatable bonds is 9. The van der Waals surface area contributed by atoms with Gasteiger partial charge < -0.3 is 18.8 Å². The molecular formula is C26H32N4O5. The summed E-state index contributed by atoms with van der Waals surface area (Å²) >= 11 is 0. The molecular weight excluding hydrogens is 448 g/mol. The quantitative estimate of drug-likeness (QED) is 0.548. The van der Waals surface area contributed by atoms with Crippen molar-refractivity contribution in [3.63, 3.8) is 0 Å². The number of furan rings is 1. The molecule has 0 radical (unpaired) electrons. The molecule has 0 spiro atoms. The Kier molecular flexibility index (Phi) is 7.15. The first kappa shape index (κ1) is 23.6. The van der Waals surface area contributed by atoms with Gasteiger partial charge in [0.1, 0.15) is 24.1 Å². The van der Waals surface area contributed by atoms with Crippen LogP contribution in [0.25, 0.3) is 0 Å². The average Bonchev–Trinajstić information content (AvgIpc) is 3.41. The molecule has 9 nitrogen and oxygen atoms in total. The van der Waals surface area contributed by atoms with Gasteiger partial charge in [0.25, 0.3) is 5.91 Å². The molecule has 2 fully saturated rings. The van der Waals surface area contributed by atoms with Crippen LogP contribution in [0.2, 0.25) is 0 Å². The van der Waals surface area contributed by atoms with E-state index in [-0.39, 0.29) is 30.3 Å². The molecule has 186 valence electrons. The number of hydrazone groups is 1. The van der Waals surface area contributed by atoms with Gasteiger partial charge in [0, 0.05) is 38.5 Å². The molecule has 0 N–H and O–H groups in total. The Morgan fingerprint density at radius 1 is 1.14 bits per heavy atom. The van der Waals surface area contributed by atoms with Gasteiger partial charge in [0.05, 0.1) is 32.3 Å². The largest absolute Gasteiger partial charge is 0.497 e. The van der Waals surface area contributed by atoms with E-state index in [9.17, 15) is 9.59 Å². The molecule has 2 amide bonds. The van der Waals surface area contributed by atoms with Gasteiger partial charge >= 0.3 is 0 Å². The normalized spacial score (nSPS) is 20.5. The van der Waals surface area contributed by atoms with Gasteiger partial charge in [-0.2, -0.15) is 5.10 Å². The third-order valence-corrected chi connectivity index (χ3v) is 6.81. The lowest BCUT2D eigenvalue weighted by Gasteiger charge is -2.31. The van der Waals surface area contributed by atoms with Crippen LogP contribution >= 0.6 is 0 Å². The Labute approximate surface area is 205 Å². The van der Waals surface area contributed by atoms with Crippen LogP contribution in [0.5, 0.6) is 5.75 Å². The SMILES string of the molecule is COc1ccc(C2=NN(C(=O)CN(CCN3CCOCC3)C(=O)C3CC3)C(c3ccco3)C2)cc1. The van der Waals surface area contributed by atoms with E-state index in [0.717, 1.165) is 49.5 Å². The first-order valence-corrected chi connectivity index (χ1v) is 12.3. The topological polar surface area (TPSA) is 87.8 Å². The van der Waals surface area contributed by atoms with Crippen molar-refractivity contribution in [1.82, 2.24) is 14.8 Å². The van der Waals surface area contributed by atoms with Crippen LogP contribution in [0.15, 0.2) is 52.2 Å². The third kappa shape index (κ3) is 5.57. The maximum absolute atomic E-state index is 13.6. The summed E-state index contributed by atoms with van der Waals surface area (Å²) in [7, 11) is 1.63. The number of methoxy groups -OCH3 is 1. The van der Waals surface area contributed by atoms with E-state index in [4.69, 9.17) is 19.0 Å². The molecule has 1 aliphatic carbocycles. The van der Waals surface area contributed by atoms with Gasteiger partial charge in [0.15, 0.2) is 0 Å². The van der Waals surface area contributed by atoms with Crippen LogP contribution in [0.1, 0.15) is 36.6 Å². The van der Waals surface area contributed by atoms with Gasteiger partial charge in [-0.3, -0.25) is 14.5 Å². The fraction of sp³-hybridized carbons (Fsp3) is 0.500. The Balaban J connectivity index is 1.33. The summed E-state index contributed by atoms with van der Waals surface area (Å²) in [5.41, 5.74) is 1.73. The average molecular weight is 481 g/mol. The molecule has 9 heteroatoms. The molecule has 1 saturated heterocycles. The van der Waals surface area contributed by atoms with Crippen LogP contribution in [-0.2, 0) is 14.3 Å². The van der Waals surface area contributed by atoms with Crippen molar-refractivity contribution in [1.29, 1.82) is 0 Å². The highest BCUT2D eigenvalue weighted by Gasteiger charge is 2.38. The minimum Gasteiger partial charge on any atom is -0.497 e. The summed E-state index contributed by atoms with van der Waals surface area (Å²) in [6.07, 6.45) is 3.95. The molecule has 3 aliphatic rings. The zero-order chi connectivity index (χ0) is 24.2. The Bertz CT molecular complexity index is 1040. The molecule has 2 aromatic rings. The van der Waals surface area contributed by atoms with Crippen LogP contribution in [0, 0.1) is 5.92 Å². The lowest BCUT2D eigenvalue weighted by atomic mass is 10.0. The third-order valence-electron chi connectivity index (χ3n) is 6.81. The lowest BCUT2D eigenvalue weighted by molar-refractivity contribution is -0.142. The van der Waals surface area contributed by atoms with Crippen molar-refractivity contribution in [2.24, 2.45) is 11.0 Å². The molecule has 1 unspecified atom stereocenters. The molecule has 1 saturated carbocycles. The lowest BCUT2D eigenvalue weighted by Crippen LogP contribution is -2.47. The van der Waals surface area contributed by atoms with Crippen LogP contribution in [-0.4, -0.2) is 85.4 Å². The number of carbonyl (C=O) groups excluding carboxylic acids is 2. The summed E-state index contributed by atoms with van der Waals surface area (Å²) in [5, 5.41) is 6.21. The second-order valence-corrected chi connectivity index (χ2v) is 9.24. The maximum Gasteiger partial charge on any atom is 0.262 e. The highest BCUT2D eigenvalue weighted by molar-refractivity contribution is 6.03. The van der Waals surface area contributed by atoms with E-state index in [1.54, 1.807) is 18.3 Å². The molecule has 1 aromatic carbocycles. The zero-order valence-electron chi connectivity index (χ0n) is 20.1. The van der Waals surface area contributed by atoms with E-state index >= 15 is 0 Å². The van der Waals surface area contributed by atoms with Crippen LogP contribution < -0.4 is 4.74 Å². The summed E-state index contributed by atoms with van der Waals surface area (Å²) in [6.45, 7) is 4.37. The van der Waals surface area contributed by atoms with Crippen molar-refractivity contribution in [3.05, 3.63) is 54.0 Å². The van der Waals surface area contributed by atoms with Crippen molar-refractivity contribution in [2.45, 2.75) is 25.3 Å². The van der Waals surface area contributed by atoms with Gasteiger partial charge in [-0.05, 0) is 54.8 Å². The zero-order valence-corrected chi connectivity index (χ0v) is 20.1. The number of morpholine rings is 1. The van der Waals surface area contributed by atoms with Gasteiger partial charge in [-0.25, -0.2) is 5.01 Å². The molecule has 0 bridgehead atoms. The highest BCUT2D eigenvalue weighted by atomic mass is 16.5. The predicted octanol–water partition coefficient (Wildman–Crippen LogP) is 2.54. The molecule has 1 aromatic heterocycles. The van der Waals surface area contributed by atoms with Gasteiger partial charge in [0.2, 0.25) is 5.91 Å². The number of nitrogens with zero attached hydrogens (tertiary/aromatic N) is 4. The summed E-state index contributed by atoms with van der Waals surface area (Å²) < 4.78 is 16.3. The van der Waals surface area contributed by atoms with E-state index in [2.05, 4.69) is 4.90 Å². The minimum atomic E-state index is -0.341. The number of ether oxygens (including phenoxy) is 2. The monoisotopic (exact) mass is 480 g/mol. The first-order valence-electron chi connectivity index (χ1n) is 12.3. The van der Waals surface area contributed by atoms with E-state index in [1.807, 2.05) is 36.4 Å². The Morgan fingerprint density at radius 3 is 2.57 bits per heavy atom. The van der Waals surface area contributed by atoms with Gasteiger partial charge in [-0.1, -0.05) is 0 Å². The van der Waals surface area contributed by atoms with E-state index in [1.165, 1.54) is 5.01 Å². The fourth-order valence-electron chi connectivity index (χ4n) is 4.58. The number of benzene rings is 1. The van der Waals surface area contributed by atoms with Crippen molar-refractivity contribution in [3.8, 4) is 5.75 Å².